The van der Waals surface area contributed by atoms with Crippen molar-refractivity contribution >= 4 is 38.4 Å². The number of aliphatic imine (C=N–C) groups is 1. The van der Waals surface area contributed by atoms with E-state index in [1.165, 1.54) is 12.1 Å². The number of nitrogens with zero attached hydrogens (tertiary/aromatic N) is 2. The second kappa shape index (κ2) is 5.90. The van der Waals surface area contributed by atoms with Gasteiger partial charge in [-0.1, -0.05) is 10.5 Å². The van der Waals surface area contributed by atoms with Crippen LogP contribution in [0.4, 0.5) is 9.18 Å². The van der Waals surface area contributed by atoms with Crippen molar-refractivity contribution in [2.24, 2.45) is 4.99 Å². The Morgan fingerprint density at radius 1 is 1.48 bits per heavy atom. The van der Waals surface area contributed by atoms with Crippen LogP contribution in [-0.2, 0) is 5.54 Å². The fourth-order valence-electron chi connectivity index (χ4n) is 3.61. The van der Waals surface area contributed by atoms with Gasteiger partial charge in [-0.2, -0.15) is 0 Å². The standard InChI is InChI=1S/C15H20BrFN4O3S/c1-14(2)12(20-13(22)23)21-15(3,9-6-7-18-25(9,14)24)11-8(17)4-5-10(16)19-11/h4-5,9,18,24H,6-7H2,1-3H3,(H,20,21)(H,22,23)/t9-,15+/m1/s1. The molecule has 2 aliphatic rings. The third-order valence-electron chi connectivity index (χ3n) is 4.98. The van der Waals surface area contributed by atoms with Crippen LogP contribution in [0.5, 0.6) is 0 Å². The minimum absolute atomic E-state index is 0.0849. The first kappa shape index (κ1) is 18.6. The number of amides is 1. The fourth-order valence-corrected chi connectivity index (χ4v) is 7.30. The third-order valence-corrected chi connectivity index (χ3v) is 9.33. The van der Waals surface area contributed by atoms with Crippen molar-refractivity contribution in [1.82, 2.24) is 15.0 Å². The van der Waals surface area contributed by atoms with Crippen molar-refractivity contribution in [3.05, 3.63) is 28.2 Å². The molecule has 0 spiro atoms. The van der Waals surface area contributed by atoms with Crippen LogP contribution in [0, 0.1) is 5.82 Å². The molecule has 1 aromatic heterocycles. The Kier molecular flexibility index (Phi) is 4.38. The highest BCUT2D eigenvalue weighted by molar-refractivity contribution is 9.10. The fraction of sp³-hybridized carbons (Fsp3) is 0.533. The van der Waals surface area contributed by atoms with Gasteiger partial charge in [-0.25, -0.2) is 14.2 Å². The van der Waals surface area contributed by atoms with Crippen LogP contribution in [-0.4, -0.2) is 43.1 Å². The molecule has 10 heteroatoms. The molecule has 3 heterocycles. The molecule has 1 amide bonds. The number of hydrogen-bond acceptors (Lipinski definition) is 5. The van der Waals surface area contributed by atoms with Gasteiger partial charge in [0.1, 0.15) is 27.5 Å². The van der Waals surface area contributed by atoms with Crippen LogP contribution in [0.15, 0.2) is 21.7 Å². The van der Waals surface area contributed by atoms with Crippen LogP contribution in [0.2, 0.25) is 0 Å². The Bertz CT molecular complexity index is 777. The number of halogens is 2. The Morgan fingerprint density at radius 2 is 2.16 bits per heavy atom. The molecule has 4 N–H and O–H groups in total. The van der Waals surface area contributed by atoms with Crippen LogP contribution in [0.25, 0.3) is 0 Å². The molecule has 0 saturated carbocycles. The average Bonchev–Trinajstić information content (AvgIpc) is 2.92. The molecule has 3 atom stereocenters. The van der Waals surface area contributed by atoms with E-state index in [-0.39, 0.29) is 11.5 Å². The predicted octanol–water partition coefficient (Wildman–Crippen LogP) is 3.21. The summed E-state index contributed by atoms with van der Waals surface area (Å²) in [4.78, 5) is 20.1. The topological polar surface area (TPSA) is 107 Å². The van der Waals surface area contributed by atoms with Gasteiger partial charge in [-0.15, -0.1) is 0 Å². The number of carbonyl (C=O) groups is 1. The molecule has 1 aromatic rings. The van der Waals surface area contributed by atoms with E-state index in [1.54, 1.807) is 20.8 Å². The van der Waals surface area contributed by atoms with E-state index in [2.05, 4.69) is 35.9 Å². The summed E-state index contributed by atoms with van der Waals surface area (Å²) in [6.07, 6.45) is -0.695. The monoisotopic (exact) mass is 434 g/mol. The molecular weight excluding hydrogens is 415 g/mol. The zero-order chi connectivity index (χ0) is 18.6. The van der Waals surface area contributed by atoms with Gasteiger partial charge < -0.3 is 9.66 Å². The first-order valence-electron chi connectivity index (χ1n) is 7.74. The molecule has 138 valence electrons. The maximum Gasteiger partial charge on any atom is 0.410 e. The molecule has 2 aliphatic heterocycles. The van der Waals surface area contributed by atoms with Gasteiger partial charge in [-0.05, 0) is 55.3 Å². The van der Waals surface area contributed by atoms with Crippen molar-refractivity contribution in [3.8, 4) is 0 Å². The second-order valence-electron chi connectivity index (χ2n) is 6.81. The van der Waals surface area contributed by atoms with Crippen molar-refractivity contribution in [2.45, 2.75) is 42.7 Å². The van der Waals surface area contributed by atoms with E-state index in [4.69, 9.17) is 0 Å². The molecule has 7 nitrogen and oxygen atoms in total. The van der Waals surface area contributed by atoms with Gasteiger partial charge in [0.2, 0.25) is 0 Å². The van der Waals surface area contributed by atoms with Crippen LogP contribution < -0.4 is 10.0 Å². The Labute approximate surface area is 154 Å². The Morgan fingerprint density at radius 3 is 2.80 bits per heavy atom. The maximum absolute atomic E-state index is 14.6. The average molecular weight is 435 g/mol. The van der Waals surface area contributed by atoms with Crippen molar-refractivity contribution < 1.29 is 18.8 Å². The van der Waals surface area contributed by atoms with Gasteiger partial charge >= 0.3 is 6.09 Å². The number of hydrogen-bond donors (Lipinski definition) is 4. The van der Waals surface area contributed by atoms with E-state index >= 15 is 0 Å². The van der Waals surface area contributed by atoms with Crippen LogP contribution in [0.3, 0.4) is 0 Å². The Hall–Kier alpha value is -1.23. The smallest absolute Gasteiger partial charge is 0.410 e. The second-order valence-corrected chi connectivity index (χ2v) is 10.8. The van der Waals surface area contributed by atoms with E-state index in [1.807, 2.05) is 0 Å². The largest absolute Gasteiger partial charge is 0.465 e. The molecule has 0 bridgehead atoms. The lowest BCUT2D eigenvalue weighted by molar-refractivity contribution is 0.199. The lowest BCUT2D eigenvalue weighted by Crippen LogP contribution is -2.59. The molecule has 0 aliphatic carbocycles. The van der Waals surface area contributed by atoms with Crippen molar-refractivity contribution in [2.75, 3.05) is 6.54 Å². The summed E-state index contributed by atoms with van der Waals surface area (Å²) >= 11 is 3.24. The summed E-state index contributed by atoms with van der Waals surface area (Å²) in [6, 6.07) is 2.77. The number of carboxylic acid groups (broad SMARTS) is 1. The minimum atomic E-state index is -2.53. The van der Waals surface area contributed by atoms with Gasteiger partial charge in [0, 0.05) is 6.54 Å². The lowest BCUT2D eigenvalue weighted by Gasteiger charge is -2.56. The molecule has 3 rings (SSSR count). The maximum atomic E-state index is 14.6. The molecule has 1 unspecified atom stereocenters. The molecule has 25 heavy (non-hydrogen) atoms. The number of rotatable bonds is 1. The van der Waals surface area contributed by atoms with Crippen molar-refractivity contribution in [1.29, 1.82) is 0 Å². The quantitative estimate of drug-likeness (QED) is 0.507. The first-order chi connectivity index (χ1) is 11.5. The third kappa shape index (κ3) is 2.66. The number of fused-ring (bicyclic) bond motifs is 1. The van der Waals surface area contributed by atoms with Gasteiger partial charge in [-0.3, -0.25) is 15.0 Å². The lowest BCUT2D eigenvalue weighted by atomic mass is 9.90. The van der Waals surface area contributed by atoms with E-state index in [0.29, 0.717) is 17.6 Å². The SMILES string of the molecule is CC1(C)C(NC(=O)O)=N[C@](C)(c2nc(Br)ccc2F)[C@H]2CCNS21O. The number of nitrogens with one attached hydrogen (secondary N) is 2. The molecular formula is C15H20BrFN4O3S. The number of pyridine rings is 1. The highest BCUT2D eigenvalue weighted by Gasteiger charge is 2.62. The predicted molar refractivity (Wildman–Crippen MR) is 98.5 cm³/mol. The zero-order valence-electron chi connectivity index (χ0n) is 14.0. The summed E-state index contributed by atoms with van der Waals surface area (Å²) in [5.41, 5.74) is -1.11. The first-order valence-corrected chi connectivity index (χ1v) is 10.2. The normalized spacial score (nSPS) is 36.1. The molecule has 0 radical (unpaired) electrons. The molecule has 1 fully saturated rings. The summed E-state index contributed by atoms with van der Waals surface area (Å²) in [7, 11) is -2.53. The summed E-state index contributed by atoms with van der Waals surface area (Å²) in [5.74, 6) is -0.440. The minimum Gasteiger partial charge on any atom is -0.465 e. The highest BCUT2D eigenvalue weighted by atomic mass is 79.9. The number of aromatic nitrogens is 1. The molecule has 1 saturated heterocycles. The van der Waals surface area contributed by atoms with Gasteiger partial charge in [0.15, 0.2) is 0 Å². The zero-order valence-corrected chi connectivity index (χ0v) is 16.4. The summed E-state index contributed by atoms with van der Waals surface area (Å²) < 4.78 is 28.7. The van der Waals surface area contributed by atoms with E-state index < -0.39 is 37.9 Å². The molecule has 0 aromatic carbocycles. The summed E-state index contributed by atoms with van der Waals surface area (Å²) in [5, 5.41) is 11.1. The highest BCUT2D eigenvalue weighted by Crippen LogP contribution is 2.67. The van der Waals surface area contributed by atoms with Crippen LogP contribution >= 0.6 is 26.4 Å². The van der Waals surface area contributed by atoms with E-state index in [9.17, 15) is 18.8 Å². The van der Waals surface area contributed by atoms with Gasteiger partial charge in [0.05, 0.1) is 10.00 Å². The van der Waals surface area contributed by atoms with Crippen LogP contribution in [0.1, 0.15) is 32.9 Å². The van der Waals surface area contributed by atoms with E-state index in [0.717, 1.165) is 0 Å². The summed E-state index contributed by atoms with van der Waals surface area (Å²) in [6.45, 7) is 5.72. The number of amidine groups is 1. The Balaban J connectivity index is 2.27. The van der Waals surface area contributed by atoms with Crippen molar-refractivity contribution in [3.63, 3.8) is 0 Å². The van der Waals surface area contributed by atoms with Gasteiger partial charge in [0.25, 0.3) is 0 Å².